The molecule has 0 aliphatic heterocycles. The number of hydrogen-bond donors (Lipinski definition) is 1. The molecule has 1 heterocycles. The SMILES string of the molecule is CCCCc1n[nH]c(=S)n1/N=C/c1ccc(OCc2c(Cl)cccc2Cl)cc1. The maximum Gasteiger partial charge on any atom is 0.216 e. The van der Waals surface area contributed by atoms with Gasteiger partial charge in [0.1, 0.15) is 12.4 Å². The Morgan fingerprint density at radius 2 is 1.89 bits per heavy atom. The predicted molar refractivity (Wildman–Crippen MR) is 116 cm³/mol. The molecular formula is C20H20Cl2N4OS. The summed E-state index contributed by atoms with van der Waals surface area (Å²) in [6.07, 6.45) is 4.70. The third-order valence-electron chi connectivity index (χ3n) is 4.12. The fourth-order valence-corrected chi connectivity index (χ4v) is 3.25. The number of H-pyrrole nitrogens is 1. The Morgan fingerprint density at radius 3 is 2.57 bits per heavy atom. The first-order valence-corrected chi connectivity index (χ1v) is 10.1. The Labute approximate surface area is 179 Å². The third-order valence-corrected chi connectivity index (χ3v) is 5.09. The molecular weight excluding hydrogens is 415 g/mol. The van der Waals surface area contributed by atoms with E-state index in [9.17, 15) is 0 Å². The average molecular weight is 435 g/mol. The Morgan fingerprint density at radius 1 is 1.18 bits per heavy atom. The van der Waals surface area contributed by atoms with Crippen molar-refractivity contribution >= 4 is 41.6 Å². The van der Waals surface area contributed by atoms with Crippen LogP contribution in [0.15, 0.2) is 47.6 Å². The largest absolute Gasteiger partial charge is 0.489 e. The van der Waals surface area contributed by atoms with Crippen molar-refractivity contribution in [2.24, 2.45) is 5.10 Å². The topological polar surface area (TPSA) is 55.2 Å². The van der Waals surface area contributed by atoms with E-state index in [1.54, 1.807) is 23.0 Å². The number of aromatic nitrogens is 3. The lowest BCUT2D eigenvalue weighted by molar-refractivity contribution is 0.306. The van der Waals surface area contributed by atoms with E-state index in [0.717, 1.165) is 42.0 Å². The second kappa shape index (κ2) is 9.87. The zero-order valence-electron chi connectivity index (χ0n) is 15.4. The number of ether oxygens (including phenoxy) is 1. The van der Waals surface area contributed by atoms with E-state index in [1.807, 2.05) is 30.3 Å². The summed E-state index contributed by atoms with van der Waals surface area (Å²) in [7, 11) is 0. The molecule has 0 aliphatic carbocycles. The van der Waals surface area contributed by atoms with Gasteiger partial charge in [0.2, 0.25) is 4.77 Å². The first kappa shape index (κ1) is 20.6. The van der Waals surface area contributed by atoms with Gasteiger partial charge in [-0.3, -0.25) is 5.10 Å². The minimum atomic E-state index is 0.302. The smallest absolute Gasteiger partial charge is 0.216 e. The summed E-state index contributed by atoms with van der Waals surface area (Å²) in [5.41, 5.74) is 1.69. The monoisotopic (exact) mass is 434 g/mol. The van der Waals surface area contributed by atoms with E-state index in [4.69, 9.17) is 40.2 Å². The van der Waals surface area contributed by atoms with E-state index in [-0.39, 0.29) is 0 Å². The molecule has 3 rings (SSSR count). The number of unbranched alkanes of at least 4 members (excludes halogenated alkanes) is 1. The van der Waals surface area contributed by atoms with Crippen molar-refractivity contribution in [1.29, 1.82) is 0 Å². The number of nitrogens with one attached hydrogen (secondary N) is 1. The molecule has 1 N–H and O–H groups in total. The van der Waals surface area contributed by atoms with Gasteiger partial charge in [-0.25, -0.2) is 0 Å². The fourth-order valence-electron chi connectivity index (χ4n) is 2.54. The highest BCUT2D eigenvalue weighted by Gasteiger charge is 2.07. The summed E-state index contributed by atoms with van der Waals surface area (Å²) >= 11 is 17.6. The van der Waals surface area contributed by atoms with Crippen molar-refractivity contribution in [1.82, 2.24) is 14.9 Å². The van der Waals surface area contributed by atoms with Gasteiger partial charge in [-0.2, -0.15) is 14.9 Å². The third kappa shape index (κ3) is 5.22. The van der Waals surface area contributed by atoms with Gasteiger partial charge in [-0.15, -0.1) is 0 Å². The Balaban J connectivity index is 1.66. The highest BCUT2D eigenvalue weighted by molar-refractivity contribution is 7.71. The van der Waals surface area contributed by atoms with Gasteiger partial charge in [0.05, 0.1) is 6.21 Å². The lowest BCUT2D eigenvalue weighted by Crippen LogP contribution is -1.99. The van der Waals surface area contributed by atoms with Gasteiger partial charge < -0.3 is 4.74 Å². The van der Waals surface area contributed by atoms with Gasteiger partial charge in [0, 0.05) is 22.0 Å². The molecule has 28 heavy (non-hydrogen) atoms. The van der Waals surface area contributed by atoms with Gasteiger partial charge in [0.25, 0.3) is 0 Å². The van der Waals surface area contributed by atoms with Crippen molar-refractivity contribution in [3.63, 3.8) is 0 Å². The number of benzene rings is 2. The van der Waals surface area contributed by atoms with Crippen LogP contribution < -0.4 is 4.74 Å². The lowest BCUT2D eigenvalue weighted by atomic mass is 10.2. The molecule has 0 saturated carbocycles. The molecule has 0 amide bonds. The molecule has 0 saturated heterocycles. The predicted octanol–water partition coefficient (Wildman–Crippen LogP) is 6.05. The molecule has 0 spiro atoms. The van der Waals surface area contributed by atoms with Crippen LogP contribution in [0.5, 0.6) is 5.75 Å². The summed E-state index contributed by atoms with van der Waals surface area (Å²) in [6.45, 7) is 2.44. The van der Waals surface area contributed by atoms with Crippen molar-refractivity contribution in [2.75, 3.05) is 0 Å². The highest BCUT2D eigenvalue weighted by Crippen LogP contribution is 2.25. The number of aryl methyl sites for hydroxylation is 1. The van der Waals surface area contributed by atoms with Crippen LogP contribution in [0.3, 0.4) is 0 Å². The summed E-state index contributed by atoms with van der Waals surface area (Å²) in [5, 5.41) is 12.7. The number of nitrogens with zero attached hydrogens (tertiary/aromatic N) is 3. The summed E-state index contributed by atoms with van der Waals surface area (Å²) in [6, 6.07) is 13.0. The quantitative estimate of drug-likeness (QED) is 0.346. The Kier molecular flexibility index (Phi) is 7.25. The number of hydrogen-bond acceptors (Lipinski definition) is 4. The molecule has 0 aliphatic rings. The van der Waals surface area contributed by atoms with E-state index in [2.05, 4.69) is 22.2 Å². The number of halogens is 2. The van der Waals surface area contributed by atoms with Crippen LogP contribution in [0.1, 0.15) is 36.7 Å². The minimum absolute atomic E-state index is 0.302. The molecule has 0 fully saturated rings. The minimum Gasteiger partial charge on any atom is -0.489 e. The van der Waals surface area contributed by atoms with Crippen LogP contribution in [0.25, 0.3) is 0 Å². The first-order chi connectivity index (χ1) is 13.6. The Bertz CT molecular complexity index is 992. The molecule has 8 heteroatoms. The Hall–Kier alpha value is -2.15. The molecule has 5 nitrogen and oxygen atoms in total. The summed E-state index contributed by atoms with van der Waals surface area (Å²) < 4.78 is 7.94. The standard InChI is InChI=1S/C20H20Cl2N4OS/c1-2-3-7-19-24-25-20(28)26(19)23-12-14-8-10-15(11-9-14)27-13-16-17(21)5-4-6-18(16)22/h4-6,8-12H,2-3,7,13H2,1H3,(H,25,28)/b23-12+. The summed E-state index contributed by atoms with van der Waals surface area (Å²) in [5.74, 6) is 1.55. The van der Waals surface area contributed by atoms with Crippen molar-refractivity contribution < 1.29 is 4.74 Å². The lowest BCUT2D eigenvalue weighted by Gasteiger charge is -2.09. The molecule has 2 aromatic carbocycles. The first-order valence-electron chi connectivity index (χ1n) is 8.95. The second-order valence-corrected chi connectivity index (χ2v) is 7.36. The van der Waals surface area contributed by atoms with Crippen LogP contribution in [0.4, 0.5) is 0 Å². The molecule has 1 aromatic heterocycles. The number of rotatable bonds is 8. The van der Waals surface area contributed by atoms with E-state index in [1.165, 1.54) is 0 Å². The number of aromatic amines is 1. The molecule has 0 bridgehead atoms. The molecule has 3 aromatic rings. The maximum atomic E-state index is 6.17. The highest BCUT2D eigenvalue weighted by atomic mass is 35.5. The van der Waals surface area contributed by atoms with E-state index in [0.29, 0.717) is 21.4 Å². The second-order valence-electron chi connectivity index (χ2n) is 6.16. The van der Waals surface area contributed by atoms with Crippen LogP contribution in [0, 0.1) is 4.77 Å². The zero-order valence-corrected chi connectivity index (χ0v) is 17.7. The fraction of sp³-hybridized carbons (Fsp3) is 0.250. The van der Waals surface area contributed by atoms with Gasteiger partial charge in [-0.1, -0.05) is 42.6 Å². The van der Waals surface area contributed by atoms with Crippen molar-refractivity contribution in [3.05, 3.63) is 74.2 Å². The normalized spacial score (nSPS) is 11.2. The van der Waals surface area contributed by atoms with E-state index >= 15 is 0 Å². The summed E-state index contributed by atoms with van der Waals surface area (Å²) in [4.78, 5) is 0. The molecule has 146 valence electrons. The van der Waals surface area contributed by atoms with Crippen molar-refractivity contribution in [2.45, 2.75) is 32.8 Å². The maximum absolute atomic E-state index is 6.17. The van der Waals surface area contributed by atoms with Crippen LogP contribution in [0.2, 0.25) is 10.0 Å². The van der Waals surface area contributed by atoms with Gasteiger partial charge >= 0.3 is 0 Å². The molecule has 0 radical (unpaired) electrons. The van der Waals surface area contributed by atoms with Crippen LogP contribution >= 0.6 is 35.4 Å². The zero-order chi connectivity index (χ0) is 19.9. The van der Waals surface area contributed by atoms with Crippen LogP contribution in [-0.4, -0.2) is 21.1 Å². The molecule has 0 atom stereocenters. The van der Waals surface area contributed by atoms with Crippen LogP contribution in [-0.2, 0) is 13.0 Å². The average Bonchev–Trinajstić information content (AvgIpc) is 3.05. The van der Waals surface area contributed by atoms with Gasteiger partial charge in [-0.05, 0) is 60.6 Å². The van der Waals surface area contributed by atoms with Crippen molar-refractivity contribution in [3.8, 4) is 5.75 Å². The molecule has 0 unspecified atom stereocenters. The van der Waals surface area contributed by atoms with E-state index < -0.39 is 0 Å². The van der Waals surface area contributed by atoms with Gasteiger partial charge in [0.15, 0.2) is 5.82 Å².